The normalized spacial score (nSPS) is 30.1. The van der Waals surface area contributed by atoms with E-state index < -0.39 is 0 Å². The first-order chi connectivity index (χ1) is 7.26. The molecule has 2 saturated heterocycles. The molecule has 0 aromatic carbocycles. The second-order valence-electron chi connectivity index (χ2n) is 4.61. The first-order valence-electron chi connectivity index (χ1n) is 5.65. The second kappa shape index (κ2) is 4.49. The van der Waals surface area contributed by atoms with E-state index in [9.17, 15) is 4.79 Å². The second-order valence-corrected chi connectivity index (χ2v) is 4.61. The maximum atomic E-state index is 11.3. The van der Waals surface area contributed by atoms with Gasteiger partial charge in [-0.05, 0) is 31.1 Å². The third-order valence-electron chi connectivity index (χ3n) is 3.73. The van der Waals surface area contributed by atoms with Crippen molar-refractivity contribution in [2.45, 2.75) is 31.7 Å². The number of hydrogen-bond acceptors (Lipinski definition) is 4. The first kappa shape index (κ1) is 10.9. The predicted molar refractivity (Wildman–Crippen MR) is 55.5 cm³/mol. The summed E-state index contributed by atoms with van der Waals surface area (Å²) in [7, 11) is 1.45. The quantitative estimate of drug-likeness (QED) is 0.652. The smallest absolute Gasteiger partial charge is 0.322 e. The molecule has 1 atom stereocenters. The van der Waals surface area contributed by atoms with Crippen LogP contribution in [0.15, 0.2) is 0 Å². The molecule has 4 heteroatoms. The molecule has 4 nitrogen and oxygen atoms in total. The van der Waals surface area contributed by atoms with Gasteiger partial charge in [0.2, 0.25) is 0 Å². The fraction of sp³-hybridized carbons (Fsp3) is 0.909. The van der Waals surface area contributed by atoms with Crippen LogP contribution in [0.3, 0.4) is 0 Å². The van der Waals surface area contributed by atoms with Crippen molar-refractivity contribution in [3.05, 3.63) is 0 Å². The fourth-order valence-corrected chi connectivity index (χ4v) is 2.56. The Morgan fingerprint density at radius 2 is 2.13 bits per heavy atom. The highest BCUT2D eigenvalue weighted by atomic mass is 16.5. The molecule has 2 heterocycles. The molecule has 2 aliphatic heterocycles. The van der Waals surface area contributed by atoms with Crippen molar-refractivity contribution in [2.75, 3.05) is 26.9 Å². The van der Waals surface area contributed by atoms with Gasteiger partial charge in [0.05, 0.1) is 7.11 Å². The number of rotatable bonds is 1. The Balaban J connectivity index is 1.88. The Morgan fingerprint density at radius 3 is 2.67 bits per heavy atom. The van der Waals surface area contributed by atoms with Gasteiger partial charge < -0.3 is 14.8 Å². The van der Waals surface area contributed by atoms with Gasteiger partial charge in [-0.25, -0.2) is 0 Å². The Morgan fingerprint density at radius 1 is 1.40 bits per heavy atom. The molecule has 2 rings (SSSR count). The molecule has 0 aliphatic carbocycles. The topological polar surface area (TPSA) is 47.6 Å². The van der Waals surface area contributed by atoms with Crippen LogP contribution in [-0.2, 0) is 14.3 Å². The highest BCUT2D eigenvalue weighted by Crippen LogP contribution is 2.37. The maximum Gasteiger partial charge on any atom is 0.322 e. The minimum Gasteiger partial charge on any atom is -0.468 e. The lowest BCUT2D eigenvalue weighted by molar-refractivity contribution is -0.144. The van der Waals surface area contributed by atoms with E-state index in [1.807, 2.05) is 0 Å². The summed E-state index contributed by atoms with van der Waals surface area (Å²) in [5.41, 5.74) is 0.378. The van der Waals surface area contributed by atoms with Crippen LogP contribution >= 0.6 is 0 Å². The van der Waals surface area contributed by atoms with Gasteiger partial charge in [-0.1, -0.05) is 0 Å². The van der Waals surface area contributed by atoms with Crippen LogP contribution in [0.4, 0.5) is 0 Å². The van der Waals surface area contributed by atoms with Crippen molar-refractivity contribution in [3.63, 3.8) is 0 Å². The van der Waals surface area contributed by atoms with Gasteiger partial charge in [0, 0.05) is 19.8 Å². The molecule has 0 aromatic rings. The first-order valence-corrected chi connectivity index (χ1v) is 5.65. The summed E-state index contributed by atoms with van der Waals surface area (Å²) in [6.07, 6.45) is 4.25. The van der Waals surface area contributed by atoms with Crippen molar-refractivity contribution in [1.82, 2.24) is 5.32 Å². The zero-order valence-electron chi connectivity index (χ0n) is 9.25. The van der Waals surface area contributed by atoms with Crippen molar-refractivity contribution >= 4 is 5.97 Å². The van der Waals surface area contributed by atoms with Crippen molar-refractivity contribution in [1.29, 1.82) is 0 Å². The van der Waals surface area contributed by atoms with Crippen molar-refractivity contribution in [3.8, 4) is 0 Å². The Kier molecular flexibility index (Phi) is 3.26. The molecule has 1 unspecified atom stereocenters. The number of carbonyl (C=O) groups excluding carboxylic acids is 1. The van der Waals surface area contributed by atoms with Gasteiger partial charge >= 0.3 is 5.97 Å². The SMILES string of the molecule is COC(=O)C1CCC2(CCOCC2)CN1. The highest BCUT2D eigenvalue weighted by molar-refractivity contribution is 5.75. The van der Waals surface area contributed by atoms with Crippen LogP contribution < -0.4 is 5.32 Å². The zero-order valence-corrected chi connectivity index (χ0v) is 9.25. The van der Waals surface area contributed by atoms with E-state index in [1.165, 1.54) is 7.11 Å². The molecule has 1 spiro atoms. The molecule has 0 bridgehead atoms. The van der Waals surface area contributed by atoms with E-state index in [0.29, 0.717) is 5.41 Å². The summed E-state index contributed by atoms with van der Waals surface area (Å²) >= 11 is 0. The minimum absolute atomic E-state index is 0.0940. The molecule has 0 saturated carbocycles. The Hall–Kier alpha value is -0.610. The maximum absolute atomic E-state index is 11.3. The fourth-order valence-electron chi connectivity index (χ4n) is 2.56. The monoisotopic (exact) mass is 213 g/mol. The molecule has 1 N–H and O–H groups in total. The number of ether oxygens (including phenoxy) is 2. The lowest BCUT2D eigenvalue weighted by Crippen LogP contribution is -2.51. The predicted octanol–water partition coefficient (Wildman–Crippen LogP) is 0.708. The van der Waals surface area contributed by atoms with Crippen LogP contribution in [-0.4, -0.2) is 38.9 Å². The van der Waals surface area contributed by atoms with Crippen LogP contribution in [0.1, 0.15) is 25.7 Å². The summed E-state index contributed by atoms with van der Waals surface area (Å²) in [6.45, 7) is 2.66. The van der Waals surface area contributed by atoms with Crippen LogP contribution in [0, 0.1) is 5.41 Å². The average molecular weight is 213 g/mol. The summed E-state index contributed by atoms with van der Waals surface area (Å²) < 4.78 is 10.1. The standard InChI is InChI=1S/C11H19NO3/c1-14-10(13)9-2-3-11(8-12-9)4-6-15-7-5-11/h9,12H,2-8H2,1H3. The number of esters is 1. The van der Waals surface area contributed by atoms with Crippen LogP contribution in [0.5, 0.6) is 0 Å². The molecule has 2 aliphatic rings. The van der Waals surface area contributed by atoms with E-state index in [0.717, 1.165) is 45.4 Å². The summed E-state index contributed by atoms with van der Waals surface area (Å²) in [4.78, 5) is 11.3. The number of carbonyl (C=O) groups is 1. The lowest BCUT2D eigenvalue weighted by atomic mass is 9.73. The average Bonchev–Trinajstić information content (AvgIpc) is 2.30. The molecular formula is C11H19NO3. The molecule has 86 valence electrons. The van der Waals surface area contributed by atoms with E-state index >= 15 is 0 Å². The van der Waals surface area contributed by atoms with Crippen molar-refractivity contribution < 1.29 is 14.3 Å². The third kappa shape index (κ3) is 2.32. The molecule has 0 amide bonds. The van der Waals surface area contributed by atoms with Gasteiger partial charge in [0.15, 0.2) is 0 Å². The van der Waals surface area contributed by atoms with Gasteiger partial charge in [-0.15, -0.1) is 0 Å². The van der Waals surface area contributed by atoms with E-state index in [4.69, 9.17) is 9.47 Å². The Bertz CT molecular complexity index is 226. The summed E-state index contributed by atoms with van der Waals surface area (Å²) in [5, 5.41) is 3.30. The largest absolute Gasteiger partial charge is 0.468 e. The third-order valence-corrected chi connectivity index (χ3v) is 3.73. The Labute approximate surface area is 90.3 Å². The molecule has 2 fully saturated rings. The van der Waals surface area contributed by atoms with Crippen LogP contribution in [0.25, 0.3) is 0 Å². The number of nitrogens with one attached hydrogen (secondary N) is 1. The highest BCUT2D eigenvalue weighted by Gasteiger charge is 2.38. The summed E-state index contributed by atoms with van der Waals surface area (Å²) in [6, 6.07) is -0.0940. The van der Waals surface area contributed by atoms with Gasteiger partial charge in [-0.3, -0.25) is 4.79 Å². The van der Waals surface area contributed by atoms with Gasteiger partial charge in [0.25, 0.3) is 0 Å². The minimum atomic E-state index is -0.128. The molecular weight excluding hydrogens is 194 g/mol. The molecule has 0 radical (unpaired) electrons. The summed E-state index contributed by atoms with van der Waals surface area (Å²) in [5.74, 6) is -0.128. The lowest BCUT2D eigenvalue weighted by Gasteiger charge is -2.42. The van der Waals surface area contributed by atoms with Crippen LogP contribution in [0.2, 0.25) is 0 Å². The molecule has 0 aromatic heterocycles. The number of piperidine rings is 1. The van der Waals surface area contributed by atoms with E-state index in [1.54, 1.807) is 0 Å². The number of methoxy groups -OCH3 is 1. The van der Waals surface area contributed by atoms with E-state index in [-0.39, 0.29) is 12.0 Å². The van der Waals surface area contributed by atoms with Gasteiger partial charge in [-0.2, -0.15) is 0 Å². The van der Waals surface area contributed by atoms with Crippen molar-refractivity contribution in [2.24, 2.45) is 5.41 Å². The number of hydrogen-bond donors (Lipinski definition) is 1. The van der Waals surface area contributed by atoms with Gasteiger partial charge in [0.1, 0.15) is 6.04 Å². The zero-order chi connectivity index (χ0) is 10.7. The van der Waals surface area contributed by atoms with E-state index in [2.05, 4.69) is 5.32 Å². The molecule has 15 heavy (non-hydrogen) atoms.